The van der Waals surface area contributed by atoms with Crippen molar-refractivity contribution < 1.29 is 9.53 Å². The number of nitrogens with one attached hydrogen (secondary N) is 1. The molecule has 0 bridgehead atoms. The predicted octanol–water partition coefficient (Wildman–Crippen LogP) is 5.27. The molecule has 1 N–H and O–H groups in total. The number of methoxy groups -OCH3 is 1. The van der Waals surface area contributed by atoms with Crippen molar-refractivity contribution in [3.63, 3.8) is 0 Å². The zero-order valence-corrected chi connectivity index (χ0v) is 18.1. The fourth-order valence-electron chi connectivity index (χ4n) is 3.09. The number of aromatic nitrogens is 3. The van der Waals surface area contributed by atoms with Gasteiger partial charge in [0.1, 0.15) is 5.75 Å². The molecular weight excluding hydrogens is 444 g/mol. The third-order valence-electron chi connectivity index (χ3n) is 4.61. The highest BCUT2D eigenvalue weighted by atomic mass is 79.9. The minimum Gasteiger partial charge on any atom is -0.495 e. The summed E-state index contributed by atoms with van der Waals surface area (Å²) < 4.78 is 7.98. The van der Waals surface area contributed by atoms with Gasteiger partial charge in [-0.2, -0.15) is 0 Å². The lowest BCUT2D eigenvalue weighted by Crippen LogP contribution is -2.15. The Balaban J connectivity index is 1.78. The molecule has 0 saturated heterocycles. The maximum Gasteiger partial charge on any atom is 0.295 e. The number of carbonyl (C=O) groups excluding carboxylic acids is 1. The van der Waals surface area contributed by atoms with Crippen LogP contribution in [0.2, 0.25) is 0 Å². The van der Waals surface area contributed by atoms with Crippen LogP contribution in [-0.4, -0.2) is 27.8 Å². The Hall–Kier alpha value is -3.45. The molecule has 0 fully saturated rings. The summed E-state index contributed by atoms with van der Waals surface area (Å²) in [6.07, 6.45) is 0. The average molecular weight is 463 g/mol. The number of para-hydroxylation sites is 3. The van der Waals surface area contributed by atoms with E-state index in [1.54, 1.807) is 23.9 Å². The molecule has 7 heteroatoms. The molecule has 1 aromatic heterocycles. The number of hydrogen-bond donors (Lipinski definition) is 1. The molecule has 1 amide bonds. The van der Waals surface area contributed by atoms with Crippen LogP contribution in [0.15, 0.2) is 77.3 Å². The Morgan fingerprint density at radius 3 is 2.43 bits per heavy atom. The van der Waals surface area contributed by atoms with E-state index in [1.165, 1.54) is 0 Å². The summed E-state index contributed by atoms with van der Waals surface area (Å²) in [4.78, 5) is 17.5. The normalized spacial score (nSPS) is 10.6. The van der Waals surface area contributed by atoms with Crippen LogP contribution in [0.25, 0.3) is 17.1 Å². The predicted molar refractivity (Wildman–Crippen MR) is 120 cm³/mol. The molecule has 0 atom stereocenters. The highest BCUT2D eigenvalue weighted by Crippen LogP contribution is 2.26. The fraction of sp³-hybridized carbons (Fsp3) is 0.0870. The molecule has 4 aromatic rings. The minimum atomic E-state index is -0.412. The van der Waals surface area contributed by atoms with Crippen LogP contribution in [0.5, 0.6) is 5.75 Å². The van der Waals surface area contributed by atoms with Crippen molar-refractivity contribution in [3.05, 3.63) is 88.7 Å². The maximum atomic E-state index is 12.9. The van der Waals surface area contributed by atoms with Crippen LogP contribution in [0.4, 0.5) is 5.69 Å². The van der Waals surface area contributed by atoms with Gasteiger partial charge in [0, 0.05) is 10.0 Å². The number of anilines is 1. The number of halogens is 1. The van der Waals surface area contributed by atoms with Crippen molar-refractivity contribution in [2.45, 2.75) is 6.92 Å². The van der Waals surface area contributed by atoms with Gasteiger partial charge in [-0.3, -0.25) is 4.79 Å². The van der Waals surface area contributed by atoms with E-state index >= 15 is 0 Å². The minimum absolute atomic E-state index is 0.0714. The summed E-state index contributed by atoms with van der Waals surface area (Å²) in [7, 11) is 1.56. The number of carbonyl (C=O) groups is 1. The van der Waals surface area contributed by atoms with Gasteiger partial charge in [0.15, 0.2) is 5.82 Å². The van der Waals surface area contributed by atoms with Gasteiger partial charge in [-0.05, 0) is 42.8 Å². The Morgan fingerprint density at radius 2 is 1.70 bits per heavy atom. The van der Waals surface area contributed by atoms with Crippen molar-refractivity contribution in [1.29, 1.82) is 0 Å². The lowest BCUT2D eigenvalue weighted by molar-refractivity contribution is 0.101. The van der Waals surface area contributed by atoms with E-state index in [2.05, 4.69) is 31.3 Å². The first-order valence-electron chi connectivity index (χ1n) is 9.30. The SMILES string of the molecule is COc1ccccc1NC(=O)c1nc(-c2ccc(Br)cc2)n(-c2ccccc2C)n1. The monoisotopic (exact) mass is 462 g/mol. The maximum absolute atomic E-state index is 12.9. The van der Waals surface area contributed by atoms with Gasteiger partial charge in [-0.25, -0.2) is 9.67 Å². The van der Waals surface area contributed by atoms with Gasteiger partial charge in [-0.15, -0.1) is 5.10 Å². The number of ether oxygens (including phenoxy) is 1. The number of nitrogens with zero attached hydrogens (tertiary/aromatic N) is 3. The zero-order valence-electron chi connectivity index (χ0n) is 16.5. The van der Waals surface area contributed by atoms with Gasteiger partial charge in [-0.1, -0.05) is 58.4 Å². The lowest BCUT2D eigenvalue weighted by atomic mass is 10.2. The van der Waals surface area contributed by atoms with E-state index in [-0.39, 0.29) is 5.82 Å². The van der Waals surface area contributed by atoms with E-state index in [4.69, 9.17) is 4.74 Å². The zero-order chi connectivity index (χ0) is 21.1. The molecule has 6 nitrogen and oxygen atoms in total. The van der Waals surface area contributed by atoms with Crippen molar-refractivity contribution >= 4 is 27.5 Å². The quantitative estimate of drug-likeness (QED) is 0.438. The molecule has 30 heavy (non-hydrogen) atoms. The van der Waals surface area contributed by atoms with Crippen LogP contribution in [0.1, 0.15) is 16.2 Å². The third-order valence-corrected chi connectivity index (χ3v) is 5.14. The van der Waals surface area contributed by atoms with Gasteiger partial charge < -0.3 is 10.1 Å². The number of aryl methyl sites for hydroxylation is 1. The second kappa shape index (κ2) is 8.51. The Labute approximate surface area is 182 Å². The number of hydrogen-bond acceptors (Lipinski definition) is 4. The van der Waals surface area contributed by atoms with Crippen molar-refractivity contribution in [2.24, 2.45) is 0 Å². The van der Waals surface area contributed by atoms with E-state index < -0.39 is 5.91 Å². The second-order valence-electron chi connectivity index (χ2n) is 6.62. The fourth-order valence-corrected chi connectivity index (χ4v) is 3.35. The largest absolute Gasteiger partial charge is 0.495 e. The summed E-state index contributed by atoms with van der Waals surface area (Å²) in [5.41, 5.74) is 3.30. The number of benzene rings is 3. The van der Waals surface area contributed by atoms with Crippen LogP contribution in [0, 0.1) is 6.92 Å². The Morgan fingerprint density at radius 1 is 1.00 bits per heavy atom. The van der Waals surface area contributed by atoms with Crippen molar-refractivity contribution in [1.82, 2.24) is 14.8 Å². The van der Waals surface area contributed by atoms with E-state index in [0.29, 0.717) is 17.3 Å². The van der Waals surface area contributed by atoms with E-state index in [1.807, 2.05) is 67.6 Å². The van der Waals surface area contributed by atoms with Gasteiger partial charge in [0.25, 0.3) is 5.91 Å². The van der Waals surface area contributed by atoms with Crippen LogP contribution in [0.3, 0.4) is 0 Å². The van der Waals surface area contributed by atoms with E-state index in [9.17, 15) is 4.79 Å². The van der Waals surface area contributed by atoms with Gasteiger partial charge in [0.2, 0.25) is 5.82 Å². The van der Waals surface area contributed by atoms with Crippen LogP contribution < -0.4 is 10.1 Å². The highest BCUT2D eigenvalue weighted by molar-refractivity contribution is 9.10. The molecule has 1 heterocycles. The molecule has 0 spiro atoms. The molecule has 0 radical (unpaired) electrons. The molecule has 0 aliphatic rings. The number of rotatable bonds is 5. The summed E-state index contributed by atoms with van der Waals surface area (Å²) in [5, 5.41) is 7.37. The average Bonchev–Trinajstić information content (AvgIpc) is 3.20. The van der Waals surface area contributed by atoms with Crippen molar-refractivity contribution in [2.75, 3.05) is 12.4 Å². The Kier molecular flexibility index (Phi) is 5.63. The molecule has 150 valence electrons. The van der Waals surface area contributed by atoms with E-state index in [0.717, 1.165) is 21.3 Å². The lowest BCUT2D eigenvalue weighted by Gasteiger charge is -2.09. The summed E-state index contributed by atoms with van der Waals surface area (Å²) in [5.74, 6) is 0.812. The molecule has 0 aliphatic carbocycles. The second-order valence-corrected chi connectivity index (χ2v) is 7.53. The summed E-state index contributed by atoms with van der Waals surface area (Å²) in [6, 6.07) is 22.8. The topological polar surface area (TPSA) is 69.0 Å². The van der Waals surface area contributed by atoms with Gasteiger partial charge in [0.05, 0.1) is 18.5 Å². The molecule has 3 aromatic carbocycles. The summed E-state index contributed by atoms with van der Waals surface area (Å²) in [6.45, 7) is 2.00. The van der Waals surface area contributed by atoms with Crippen molar-refractivity contribution in [3.8, 4) is 22.8 Å². The van der Waals surface area contributed by atoms with Gasteiger partial charge >= 0.3 is 0 Å². The molecule has 4 rings (SSSR count). The molecular formula is C23H19BrN4O2. The summed E-state index contributed by atoms with van der Waals surface area (Å²) >= 11 is 3.45. The van der Waals surface area contributed by atoms with Crippen LogP contribution >= 0.6 is 15.9 Å². The standard InChI is InChI=1S/C23H19BrN4O2/c1-15-7-3-5-9-19(15)28-22(16-11-13-17(24)14-12-16)26-21(27-28)23(29)25-18-8-4-6-10-20(18)30-2/h3-14H,1-2H3,(H,25,29). The molecule has 0 aliphatic heterocycles. The first kappa shape index (κ1) is 19.8. The van der Waals surface area contributed by atoms with Crippen LogP contribution in [-0.2, 0) is 0 Å². The Bertz CT molecular complexity index is 1200. The molecule has 0 unspecified atom stereocenters. The smallest absolute Gasteiger partial charge is 0.295 e. The first-order chi connectivity index (χ1) is 14.6. The first-order valence-corrected chi connectivity index (χ1v) is 10.1. The number of amides is 1. The third kappa shape index (κ3) is 3.97. The highest BCUT2D eigenvalue weighted by Gasteiger charge is 2.20. The molecule has 0 saturated carbocycles.